The molecule has 0 fully saturated rings. The molecule has 0 unspecified atom stereocenters. The lowest BCUT2D eigenvalue weighted by Crippen LogP contribution is -2.08. The highest BCUT2D eigenvalue weighted by Gasteiger charge is 2.17. The Hall–Kier alpha value is -1.65. The Balaban J connectivity index is 2.18. The van der Waals surface area contributed by atoms with Gasteiger partial charge in [0.15, 0.2) is 12.5 Å². The molecule has 5 nitrogen and oxygen atoms in total. The van der Waals surface area contributed by atoms with Gasteiger partial charge in [0, 0.05) is 27.5 Å². The van der Waals surface area contributed by atoms with Crippen LogP contribution in [0.3, 0.4) is 0 Å². The summed E-state index contributed by atoms with van der Waals surface area (Å²) in [6, 6.07) is 5.29. The lowest BCUT2D eigenvalue weighted by Gasteiger charge is -2.14. The van der Waals surface area contributed by atoms with Gasteiger partial charge in [-0.25, -0.2) is 0 Å². The van der Waals surface area contributed by atoms with Crippen molar-refractivity contribution in [1.29, 1.82) is 0 Å². The van der Waals surface area contributed by atoms with Gasteiger partial charge < -0.3 is 4.74 Å². The van der Waals surface area contributed by atoms with E-state index >= 15 is 0 Å². The van der Waals surface area contributed by atoms with Crippen LogP contribution in [0.2, 0.25) is 0 Å². The van der Waals surface area contributed by atoms with Gasteiger partial charge in [0.1, 0.15) is 5.75 Å². The molecule has 0 bridgehead atoms. The van der Waals surface area contributed by atoms with Crippen molar-refractivity contribution in [2.75, 3.05) is 12.5 Å². The van der Waals surface area contributed by atoms with E-state index in [9.17, 15) is 4.79 Å². The Kier molecular flexibility index (Phi) is 3.34. The second-order valence-electron chi connectivity index (χ2n) is 3.18. The molecule has 1 aromatic carbocycles. The SMILES string of the molecule is [N-]=[N+]=NCOc1ccc2c(c1)SCCC2=O. The first-order chi connectivity index (χ1) is 7.81. The monoisotopic (exact) mass is 235 g/mol. The van der Waals surface area contributed by atoms with Crippen LogP contribution in [-0.4, -0.2) is 18.3 Å². The number of nitrogens with zero attached hydrogens (tertiary/aromatic N) is 3. The Labute approximate surface area is 96.4 Å². The molecular formula is C10H9N3O2S. The van der Waals surface area contributed by atoms with E-state index in [-0.39, 0.29) is 12.5 Å². The zero-order chi connectivity index (χ0) is 11.4. The fourth-order valence-electron chi connectivity index (χ4n) is 1.46. The second-order valence-corrected chi connectivity index (χ2v) is 4.32. The van der Waals surface area contributed by atoms with Crippen molar-refractivity contribution in [3.8, 4) is 5.75 Å². The average Bonchev–Trinajstić information content (AvgIpc) is 2.30. The number of rotatable bonds is 3. The quantitative estimate of drug-likeness (QED) is 0.459. The zero-order valence-corrected chi connectivity index (χ0v) is 9.24. The molecule has 0 radical (unpaired) electrons. The standard InChI is InChI=1S/C10H9N3O2S/c11-13-12-6-15-7-1-2-8-9(14)3-4-16-10(8)5-7/h1-2,5H,3-4,6H2. The van der Waals surface area contributed by atoms with Gasteiger partial charge in [-0.05, 0) is 23.7 Å². The summed E-state index contributed by atoms with van der Waals surface area (Å²) in [6.45, 7) is -0.0338. The number of hydrogen-bond donors (Lipinski definition) is 0. The normalized spacial score (nSPS) is 13.9. The molecule has 1 heterocycles. The largest absolute Gasteiger partial charge is 0.487 e. The molecule has 0 spiro atoms. The van der Waals surface area contributed by atoms with Gasteiger partial charge in [0.05, 0.1) is 0 Å². The first-order valence-electron chi connectivity index (χ1n) is 4.75. The van der Waals surface area contributed by atoms with Gasteiger partial charge in [0.25, 0.3) is 0 Å². The second kappa shape index (κ2) is 4.92. The number of fused-ring (bicyclic) bond motifs is 1. The molecule has 1 aliphatic rings. The van der Waals surface area contributed by atoms with Gasteiger partial charge in [-0.2, -0.15) is 0 Å². The highest BCUT2D eigenvalue weighted by molar-refractivity contribution is 7.99. The summed E-state index contributed by atoms with van der Waals surface area (Å²) < 4.78 is 5.20. The van der Waals surface area contributed by atoms with E-state index in [1.807, 2.05) is 6.07 Å². The van der Waals surface area contributed by atoms with E-state index in [4.69, 9.17) is 10.3 Å². The minimum atomic E-state index is -0.0338. The number of ether oxygens (including phenoxy) is 1. The molecule has 0 saturated carbocycles. The van der Waals surface area contributed by atoms with Crippen LogP contribution in [0.25, 0.3) is 10.4 Å². The molecule has 1 aliphatic heterocycles. The first-order valence-corrected chi connectivity index (χ1v) is 5.73. The predicted molar refractivity (Wildman–Crippen MR) is 60.8 cm³/mol. The molecule has 16 heavy (non-hydrogen) atoms. The lowest BCUT2D eigenvalue weighted by atomic mass is 10.1. The fraction of sp³-hybridized carbons (Fsp3) is 0.300. The number of benzene rings is 1. The Morgan fingerprint density at radius 2 is 2.44 bits per heavy atom. The molecule has 1 aromatic rings. The van der Waals surface area contributed by atoms with Gasteiger partial charge in [-0.3, -0.25) is 4.79 Å². The number of azide groups is 1. The summed E-state index contributed by atoms with van der Waals surface area (Å²) in [5.74, 6) is 1.61. The number of carbonyl (C=O) groups excluding carboxylic acids is 1. The average molecular weight is 235 g/mol. The molecule has 82 valence electrons. The first kappa shape index (κ1) is 10.9. The van der Waals surface area contributed by atoms with Crippen molar-refractivity contribution in [3.05, 3.63) is 34.2 Å². The lowest BCUT2D eigenvalue weighted by molar-refractivity contribution is 0.0984. The molecule has 0 amide bonds. The molecule has 2 rings (SSSR count). The van der Waals surface area contributed by atoms with E-state index in [0.29, 0.717) is 12.2 Å². The predicted octanol–water partition coefficient (Wildman–Crippen LogP) is 3.01. The van der Waals surface area contributed by atoms with Crippen molar-refractivity contribution in [3.63, 3.8) is 0 Å². The fourth-order valence-corrected chi connectivity index (χ4v) is 2.50. The maximum Gasteiger partial charge on any atom is 0.167 e. The van der Waals surface area contributed by atoms with E-state index in [2.05, 4.69) is 10.0 Å². The maximum absolute atomic E-state index is 11.5. The van der Waals surface area contributed by atoms with Crippen LogP contribution in [0, 0.1) is 0 Å². The summed E-state index contributed by atoms with van der Waals surface area (Å²) in [4.78, 5) is 15.1. The van der Waals surface area contributed by atoms with Crippen molar-refractivity contribution >= 4 is 17.5 Å². The number of carbonyl (C=O) groups is 1. The van der Waals surface area contributed by atoms with Crippen LogP contribution < -0.4 is 4.74 Å². The molecule has 0 N–H and O–H groups in total. The van der Waals surface area contributed by atoms with E-state index in [1.54, 1.807) is 23.9 Å². The maximum atomic E-state index is 11.5. The summed E-state index contributed by atoms with van der Waals surface area (Å²) in [5.41, 5.74) is 8.86. The minimum absolute atomic E-state index is 0.0338. The minimum Gasteiger partial charge on any atom is -0.487 e. The van der Waals surface area contributed by atoms with E-state index < -0.39 is 0 Å². The Morgan fingerprint density at radius 3 is 3.25 bits per heavy atom. The van der Waals surface area contributed by atoms with E-state index in [0.717, 1.165) is 16.2 Å². The molecule has 0 atom stereocenters. The molecule has 0 aromatic heterocycles. The van der Waals surface area contributed by atoms with Gasteiger partial charge in [0.2, 0.25) is 0 Å². The van der Waals surface area contributed by atoms with Crippen molar-refractivity contribution < 1.29 is 9.53 Å². The number of thioether (sulfide) groups is 1. The Morgan fingerprint density at radius 1 is 1.56 bits per heavy atom. The molecule has 6 heteroatoms. The third-order valence-electron chi connectivity index (χ3n) is 2.19. The summed E-state index contributed by atoms with van der Waals surface area (Å²) in [6.07, 6.45) is 0.594. The number of Topliss-reactive ketones (excluding diaryl/α,β-unsaturated/α-hetero) is 1. The third-order valence-corrected chi connectivity index (χ3v) is 3.25. The highest BCUT2D eigenvalue weighted by atomic mass is 32.2. The molecule has 0 saturated heterocycles. The van der Waals surface area contributed by atoms with Crippen molar-refractivity contribution in [1.82, 2.24) is 0 Å². The topological polar surface area (TPSA) is 75.1 Å². The highest BCUT2D eigenvalue weighted by Crippen LogP contribution is 2.32. The van der Waals surface area contributed by atoms with Crippen LogP contribution in [0.4, 0.5) is 0 Å². The smallest absolute Gasteiger partial charge is 0.167 e. The van der Waals surface area contributed by atoms with Crippen LogP contribution >= 0.6 is 11.8 Å². The molecular weight excluding hydrogens is 226 g/mol. The summed E-state index contributed by atoms with van der Waals surface area (Å²) >= 11 is 1.64. The van der Waals surface area contributed by atoms with Crippen LogP contribution in [0.5, 0.6) is 5.75 Å². The van der Waals surface area contributed by atoms with Gasteiger partial charge in [-0.15, -0.1) is 11.8 Å². The summed E-state index contributed by atoms with van der Waals surface area (Å²) in [7, 11) is 0. The number of ketones is 1. The van der Waals surface area contributed by atoms with Gasteiger partial charge in [-0.1, -0.05) is 5.11 Å². The number of hydrogen-bond acceptors (Lipinski definition) is 4. The van der Waals surface area contributed by atoms with Crippen molar-refractivity contribution in [2.24, 2.45) is 5.11 Å². The zero-order valence-electron chi connectivity index (χ0n) is 8.42. The van der Waals surface area contributed by atoms with E-state index in [1.165, 1.54) is 0 Å². The Bertz CT molecular complexity index is 469. The van der Waals surface area contributed by atoms with Crippen LogP contribution in [0.15, 0.2) is 28.2 Å². The van der Waals surface area contributed by atoms with Crippen LogP contribution in [0.1, 0.15) is 16.8 Å². The van der Waals surface area contributed by atoms with Crippen molar-refractivity contribution in [2.45, 2.75) is 11.3 Å². The summed E-state index contributed by atoms with van der Waals surface area (Å²) in [5, 5.41) is 3.28. The third kappa shape index (κ3) is 2.29. The van der Waals surface area contributed by atoms with Crippen LogP contribution in [-0.2, 0) is 0 Å². The van der Waals surface area contributed by atoms with Gasteiger partial charge >= 0.3 is 0 Å². The molecule has 0 aliphatic carbocycles.